The second kappa shape index (κ2) is 3.58. The van der Waals surface area contributed by atoms with Crippen LogP contribution in [0.4, 0.5) is 13.2 Å². The Morgan fingerprint density at radius 2 is 1.83 bits per heavy atom. The second-order valence-electron chi connectivity index (χ2n) is 3.74. The fraction of sp³-hybridized carbons (Fsp3) is 0.0833. The number of benzene rings is 1. The van der Waals surface area contributed by atoms with Crippen molar-refractivity contribution < 1.29 is 17.6 Å². The average molecular weight is 270 g/mol. The van der Waals surface area contributed by atoms with E-state index in [1.807, 2.05) is 0 Å². The first-order valence-corrected chi connectivity index (χ1v) is 5.81. The van der Waals surface area contributed by atoms with Gasteiger partial charge in [-0.3, -0.25) is 0 Å². The van der Waals surface area contributed by atoms with E-state index in [1.165, 1.54) is 0 Å². The molecule has 6 heteroatoms. The van der Waals surface area contributed by atoms with Crippen molar-refractivity contribution in [2.75, 3.05) is 0 Å². The van der Waals surface area contributed by atoms with Crippen LogP contribution in [0.3, 0.4) is 0 Å². The Morgan fingerprint density at radius 3 is 2.56 bits per heavy atom. The minimum Gasteiger partial charge on any atom is -0.422 e. The molecule has 0 radical (unpaired) electrons. The van der Waals surface area contributed by atoms with Gasteiger partial charge in [0.05, 0.1) is 0 Å². The van der Waals surface area contributed by atoms with Crippen molar-refractivity contribution in [1.29, 1.82) is 0 Å². The molecule has 0 spiro atoms. The molecule has 0 unspecified atom stereocenters. The molecule has 3 aromatic rings. The van der Waals surface area contributed by atoms with Crippen molar-refractivity contribution in [1.82, 2.24) is 0 Å². The van der Waals surface area contributed by atoms with Gasteiger partial charge in [-0.05, 0) is 12.1 Å². The zero-order chi connectivity index (χ0) is 12.9. The highest BCUT2D eigenvalue weighted by atomic mass is 32.1. The fourth-order valence-electron chi connectivity index (χ4n) is 1.81. The Kier molecular flexibility index (Phi) is 2.25. The van der Waals surface area contributed by atoms with Crippen molar-refractivity contribution in [3.63, 3.8) is 0 Å². The molecule has 0 fully saturated rings. The minimum atomic E-state index is -4.45. The number of rotatable bonds is 0. The number of hydrogen-bond acceptors (Lipinski definition) is 3. The standard InChI is InChI=1S/C12H5F3O2S/c13-12(14,15)9-5-7-6-3-1-2-4-8(6)17-11(16)10(7)18-9/h1-5H. The van der Waals surface area contributed by atoms with Crippen molar-refractivity contribution >= 4 is 32.4 Å². The normalized spacial score (nSPS) is 12.4. The summed E-state index contributed by atoms with van der Waals surface area (Å²) < 4.78 is 42.9. The Balaban J connectivity index is 2.49. The third kappa shape index (κ3) is 1.60. The predicted octanol–water partition coefficient (Wildman–Crippen LogP) is 4.03. The zero-order valence-corrected chi connectivity index (χ0v) is 9.56. The maximum Gasteiger partial charge on any atom is 0.425 e. The molecule has 3 rings (SSSR count). The summed E-state index contributed by atoms with van der Waals surface area (Å²) in [5, 5.41) is 0.804. The molecule has 2 aromatic heterocycles. The number of hydrogen-bond donors (Lipinski definition) is 0. The third-order valence-corrected chi connectivity index (χ3v) is 3.74. The molecule has 0 atom stereocenters. The first-order chi connectivity index (χ1) is 8.47. The molecule has 2 nitrogen and oxygen atoms in total. The van der Waals surface area contributed by atoms with Gasteiger partial charge in [-0.15, -0.1) is 11.3 Å². The summed E-state index contributed by atoms with van der Waals surface area (Å²) in [6.45, 7) is 0. The highest BCUT2D eigenvalue weighted by Gasteiger charge is 2.33. The smallest absolute Gasteiger partial charge is 0.422 e. The molecule has 0 N–H and O–H groups in total. The van der Waals surface area contributed by atoms with Gasteiger partial charge >= 0.3 is 11.8 Å². The van der Waals surface area contributed by atoms with E-state index in [0.29, 0.717) is 27.7 Å². The molecule has 0 saturated heterocycles. The van der Waals surface area contributed by atoms with E-state index in [-0.39, 0.29) is 4.70 Å². The SMILES string of the molecule is O=c1oc2ccccc2c2cc(C(F)(F)F)sc12. The number of alkyl halides is 3. The maximum absolute atomic E-state index is 12.6. The van der Waals surface area contributed by atoms with Crippen LogP contribution in [-0.2, 0) is 6.18 Å². The lowest BCUT2D eigenvalue weighted by atomic mass is 10.1. The van der Waals surface area contributed by atoms with Crippen LogP contribution in [0.25, 0.3) is 21.1 Å². The molecule has 0 amide bonds. The number of halogens is 3. The van der Waals surface area contributed by atoms with Gasteiger partial charge < -0.3 is 4.42 Å². The van der Waals surface area contributed by atoms with Gasteiger partial charge in [0.2, 0.25) is 0 Å². The van der Waals surface area contributed by atoms with Gasteiger partial charge in [0.1, 0.15) is 15.2 Å². The quantitative estimate of drug-likeness (QED) is 0.577. The summed E-state index contributed by atoms with van der Waals surface area (Å²) in [4.78, 5) is 10.8. The summed E-state index contributed by atoms with van der Waals surface area (Å²) in [5.41, 5.74) is -0.439. The third-order valence-electron chi connectivity index (χ3n) is 2.58. The summed E-state index contributed by atoms with van der Waals surface area (Å²) >= 11 is 0.414. The van der Waals surface area contributed by atoms with E-state index >= 15 is 0 Å². The van der Waals surface area contributed by atoms with Gasteiger partial charge in [0, 0.05) is 10.8 Å². The summed E-state index contributed by atoms with van der Waals surface area (Å²) in [5.74, 6) is 0. The van der Waals surface area contributed by atoms with E-state index < -0.39 is 16.7 Å². The Morgan fingerprint density at radius 1 is 1.11 bits per heavy atom. The summed E-state index contributed by atoms with van der Waals surface area (Å²) in [6.07, 6.45) is -4.45. The molecule has 18 heavy (non-hydrogen) atoms. The van der Waals surface area contributed by atoms with Crippen LogP contribution < -0.4 is 5.63 Å². The van der Waals surface area contributed by atoms with Crippen LogP contribution in [0.1, 0.15) is 4.88 Å². The number of para-hydroxylation sites is 1. The molecule has 0 saturated carbocycles. The van der Waals surface area contributed by atoms with Crippen molar-refractivity contribution in [2.24, 2.45) is 0 Å². The highest BCUT2D eigenvalue weighted by Crippen LogP contribution is 2.38. The largest absolute Gasteiger partial charge is 0.425 e. The van der Waals surface area contributed by atoms with Gasteiger partial charge in [0.25, 0.3) is 0 Å². The fourth-order valence-corrected chi connectivity index (χ4v) is 2.72. The first kappa shape index (κ1) is 11.3. The molecule has 0 aliphatic heterocycles. The lowest BCUT2D eigenvalue weighted by Gasteiger charge is -1.99. The van der Waals surface area contributed by atoms with Crippen molar-refractivity contribution in [2.45, 2.75) is 6.18 Å². The van der Waals surface area contributed by atoms with Crippen LogP contribution in [0.15, 0.2) is 39.5 Å². The van der Waals surface area contributed by atoms with E-state index in [2.05, 4.69) is 0 Å². The van der Waals surface area contributed by atoms with Crippen molar-refractivity contribution in [3.8, 4) is 0 Å². The van der Waals surface area contributed by atoms with Gasteiger partial charge in [-0.2, -0.15) is 13.2 Å². The molecule has 0 aliphatic rings. The van der Waals surface area contributed by atoms with E-state index in [4.69, 9.17) is 4.42 Å². The van der Waals surface area contributed by atoms with Crippen molar-refractivity contribution in [3.05, 3.63) is 45.6 Å². The molecular weight excluding hydrogens is 265 g/mol. The van der Waals surface area contributed by atoms with E-state index in [0.717, 1.165) is 6.07 Å². The Labute approximate surface area is 102 Å². The monoisotopic (exact) mass is 270 g/mol. The highest BCUT2D eigenvalue weighted by molar-refractivity contribution is 7.19. The minimum absolute atomic E-state index is 0.000949. The first-order valence-electron chi connectivity index (χ1n) is 4.99. The molecule has 2 heterocycles. The molecule has 0 aliphatic carbocycles. The van der Waals surface area contributed by atoms with Crippen LogP contribution in [0.5, 0.6) is 0 Å². The predicted molar refractivity (Wildman–Crippen MR) is 62.9 cm³/mol. The number of thiophene rings is 1. The topological polar surface area (TPSA) is 30.2 Å². The lowest BCUT2D eigenvalue weighted by molar-refractivity contribution is -0.134. The van der Waals surface area contributed by atoms with Crippen LogP contribution in [0.2, 0.25) is 0 Å². The van der Waals surface area contributed by atoms with Gasteiger partial charge in [0.15, 0.2) is 0 Å². The van der Waals surface area contributed by atoms with Crippen LogP contribution in [0, 0.1) is 0 Å². The summed E-state index contributed by atoms with van der Waals surface area (Å²) in [7, 11) is 0. The molecule has 92 valence electrons. The maximum atomic E-state index is 12.6. The Hall–Kier alpha value is -1.82. The van der Waals surface area contributed by atoms with Gasteiger partial charge in [-0.1, -0.05) is 18.2 Å². The summed E-state index contributed by atoms with van der Waals surface area (Å²) in [6, 6.07) is 7.54. The van der Waals surface area contributed by atoms with E-state index in [9.17, 15) is 18.0 Å². The molecular formula is C12H5F3O2S. The van der Waals surface area contributed by atoms with E-state index in [1.54, 1.807) is 24.3 Å². The van der Waals surface area contributed by atoms with Crippen LogP contribution in [-0.4, -0.2) is 0 Å². The zero-order valence-electron chi connectivity index (χ0n) is 8.75. The van der Waals surface area contributed by atoms with Crippen LogP contribution >= 0.6 is 11.3 Å². The Bertz CT molecular complexity index is 798. The molecule has 1 aromatic carbocycles. The average Bonchev–Trinajstić information content (AvgIpc) is 2.74. The van der Waals surface area contributed by atoms with Gasteiger partial charge in [-0.25, -0.2) is 4.79 Å². The number of fused-ring (bicyclic) bond motifs is 3. The molecule has 0 bridgehead atoms. The lowest BCUT2D eigenvalue weighted by Crippen LogP contribution is -2.00. The second-order valence-corrected chi connectivity index (χ2v) is 4.79.